The Morgan fingerprint density at radius 2 is 1.76 bits per heavy atom. The molecule has 0 aliphatic carbocycles. The molecule has 2 aromatic rings. The number of aromatic nitrogens is 1. The van der Waals surface area contributed by atoms with E-state index in [9.17, 15) is 19.2 Å². The van der Waals surface area contributed by atoms with Gasteiger partial charge in [-0.1, -0.05) is 0 Å². The summed E-state index contributed by atoms with van der Waals surface area (Å²) in [6, 6.07) is 1.81. The molecule has 1 unspecified atom stereocenters. The third kappa shape index (κ3) is 5.00. The molecule has 0 spiro atoms. The van der Waals surface area contributed by atoms with Gasteiger partial charge < -0.3 is 14.5 Å². The van der Waals surface area contributed by atoms with Crippen molar-refractivity contribution in [3.05, 3.63) is 43.9 Å². The van der Waals surface area contributed by atoms with Crippen molar-refractivity contribution in [2.45, 2.75) is 53.6 Å². The van der Waals surface area contributed by atoms with Crippen LogP contribution in [0.2, 0.25) is 0 Å². The number of H-pyrrole nitrogens is 1. The zero-order valence-electron chi connectivity index (χ0n) is 17.4. The number of hydrogen-bond acceptors (Lipinski definition) is 7. The minimum Gasteiger partial charge on any atom is -0.465 e. The number of rotatable bonds is 8. The number of aryl methyl sites for hydroxylation is 3. The predicted octanol–water partition coefficient (Wildman–Crippen LogP) is 3.87. The number of esters is 2. The van der Waals surface area contributed by atoms with Crippen molar-refractivity contribution >= 4 is 34.8 Å². The maximum absolute atomic E-state index is 12.7. The van der Waals surface area contributed by atoms with E-state index in [1.807, 2.05) is 19.9 Å². The smallest absolute Gasteiger partial charge is 0.339 e. The van der Waals surface area contributed by atoms with Crippen molar-refractivity contribution in [3.63, 3.8) is 0 Å². The number of ketones is 2. The van der Waals surface area contributed by atoms with E-state index in [-0.39, 0.29) is 24.3 Å². The Morgan fingerprint density at radius 1 is 1.10 bits per heavy atom. The molecule has 2 aromatic heterocycles. The summed E-state index contributed by atoms with van der Waals surface area (Å²) in [5, 5.41) is 0. The fourth-order valence-electron chi connectivity index (χ4n) is 3.18. The number of nitrogens with one attached hydrogen (secondary N) is 1. The Balaban J connectivity index is 1.99. The predicted molar refractivity (Wildman–Crippen MR) is 109 cm³/mol. The number of ether oxygens (including phenoxy) is 2. The Morgan fingerprint density at radius 3 is 2.31 bits per heavy atom. The second-order valence-electron chi connectivity index (χ2n) is 6.86. The molecule has 1 N–H and O–H groups in total. The summed E-state index contributed by atoms with van der Waals surface area (Å²) in [6.07, 6.45) is -1.14. The number of thiophene rings is 1. The molecule has 0 radical (unpaired) electrons. The van der Waals surface area contributed by atoms with E-state index in [1.54, 1.807) is 13.8 Å². The quantitative estimate of drug-likeness (QED) is 0.515. The fourth-order valence-corrected chi connectivity index (χ4v) is 4.12. The molecule has 0 amide bonds. The lowest BCUT2D eigenvalue weighted by Crippen LogP contribution is -2.25. The number of aromatic amines is 1. The van der Waals surface area contributed by atoms with E-state index in [0.29, 0.717) is 22.4 Å². The highest BCUT2D eigenvalue weighted by atomic mass is 32.1. The average Bonchev–Trinajstić information content (AvgIpc) is 3.16. The van der Waals surface area contributed by atoms with Crippen LogP contribution in [0.15, 0.2) is 6.07 Å². The summed E-state index contributed by atoms with van der Waals surface area (Å²) < 4.78 is 9.93. The molecule has 7 nitrogen and oxygen atoms in total. The summed E-state index contributed by atoms with van der Waals surface area (Å²) in [6.45, 7) is 8.54. The molecular weight excluding hydrogens is 394 g/mol. The maximum atomic E-state index is 12.7. The van der Waals surface area contributed by atoms with Crippen LogP contribution in [0.1, 0.15) is 72.0 Å². The minimum absolute atomic E-state index is 0.0177. The number of methoxy groups -OCH3 is 1. The van der Waals surface area contributed by atoms with Crippen LogP contribution in [0.5, 0.6) is 0 Å². The molecule has 0 saturated carbocycles. The molecule has 2 rings (SSSR count). The van der Waals surface area contributed by atoms with E-state index in [4.69, 9.17) is 9.47 Å². The highest BCUT2D eigenvalue weighted by Gasteiger charge is 2.27. The first-order valence-electron chi connectivity index (χ1n) is 9.18. The van der Waals surface area contributed by atoms with E-state index in [1.165, 1.54) is 25.4 Å². The molecule has 0 bridgehead atoms. The summed E-state index contributed by atoms with van der Waals surface area (Å²) >= 11 is 1.53. The third-order valence-electron chi connectivity index (χ3n) is 4.65. The Kier molecular flexibility index (Phi) is 7.13. The van der Waals surface area contributed by atoms with Crippen LogP contribution in [0.25, 0.3) is 0 Å². The van der Waals surface area contributed by atoms with Crippen LogP contribution >= 0.6 is 11.3 Å². The maximum Gasteiger partial charge on any atom is 0.339 e. The zero-order chi connectivity index (χ0) is 21.9. The van der Waals surface area contributed by atoms with Crippen molar-refractivity contribution < 1.29 is 28.7 Å². The molecule has 2 heterocycles. The molecule has 8 heteroatoms. The topological polar surface area (TPSA) is 103 Å². The fraction of sp³-hybridized carbons (Fsp3) is 0.429. The van der Waals surface area contributed by atoms with E-state index in [2.05, 4.69) is 4.98 Å². The van der Waals surface area contributed by atoms with Crippen molar-refractivity contribution in [2.24, 2.45) is 0 Å². The van der Waals surface area contributed by atoms with E-state index in [0.717, 1.165) is 9.75 Å². The second-order valence-corrected chi connectivity index (χ2v) is 8.32. The van der Waals surface area contributed by atoms with Gasteiger partial charge in [-0.05, 0) is 46.2 Å². The summed E-state index contributed by atoms with van der Waals surface area (Å²) in [4.78, 5) is 53.7. The highest BCUT2D eigenvalue weighted by molar-refractivity contribution is 7.12. The summed E-state index contributed by atoms with van der Waals surface area (Å²) in [5.41, 5.74) is 2.06. The lowest BCUT2D eigenvalue weighted by molar-refractivity contribution is -0.146. The van der Waals surface area contributed by atoms with E-state index >= 15 is 0 Å². The van der Waals surface area contributed by atoms with E-state index < -0.39 is 23.8 Å². The van der Waals surface area contributed by atoms with Gasteiger partial charge in [0.2, 0.25) is 5.78 Å². The highest BCUT2D eigenvalue weighted by Crippen LogP contribution is 2.23. The first-order chi connectivity index (χ1) is 13.6. The molecule has 0 saturated heterocycles. The van der Waals surface area contributed by atoms with Crippen molar-refractivity contribution in [2.75, 3.05) is 7.11 Å². The van der Waals surface area contributed by atoms with Gasteiger partial charge in [-0.3, -0.25) is 14.4 Å². The Hall–Kier alpha value is -2.74. The van der Waals surface area contributed by atoms with Crippen LogP contribution in [0.3, 0.4) is 0 Å². The van der Waals surface area contributed by atoms with Gasteiger partial charge in [0.15, 0.2) is 11.9 Å². The molecule has 0 fully saturated rings. The van der Waals surface area contributed by atoms with Gasteiger partial charge in [0, 0.05) is 27.4 Å². The normalized spacial score (nSPS) is 11.8. The average molecular weight is 419 g/mol. The number of carbonyl (C=O) groups is 4. The number of hydrogen-bond donors (Lipinski definition) is 1. The minimum atomic E-state index is -1.05. The molecular formula is C21H25NO6S. The monoisotopic (exact) mass is 419 g/mol. The summed E-state index contributed by atoms with van der Waals surface area (Å²) in [7, 11) is 1.26. The molecule has 156 valence electrons. The SMILES string of the molecule is COC(=O)c1c(C)[nH]c(C(=O)C(C)OC(=O)CCC(=O)c2cc(C)sc2C)c1C. The van der Waals surface area contributed by atoms with Crippen molar-refractivity contribution in [1.82, 2.24) is 4.98 Å². The standard InChI is InChI=1S/C21H25NO6S/c1-10-9-15(14(5)29-10)16(23)7-8-17(24)28-13(4)20(25)19-11(2)18(12(3)22-19)21(26)27-6/h9,13,22H,7-8H2,1-6H3. The molecule has 29 heavy (non-hydrogen) atoms. The lowest BCUT2D eigenvalue weighted by atomic mass is 10.1. The molecule has 0 aliphatic heterocycles. The van der Waals surface area contributed by atoms with Crippen LogP contribution in [-0.2, 0) is 14.3 Å². The van der Waals surface area contributed by atoms with Crippen LogP contribution < -0.4 is 0 Å². The number of Topliss-reactive ketones (excluding diaryl/α,β-unsaturated/α-hetero) is 2. The lowest BCUT2D eigenvalue weighted by Gasteiger charge is -2.12. The van der Waals surface area contributed by atoms with Gasteiger partial charge in [-0.25, -0.2) is 4.79 Å². The Labute approximate surface area is 173 Å². The first-order valence-corrected chi connectivity index (χ1v) is 9.99. The number of carbonyl (C=O) groups excluding carboxylic acids is 4. The van der Waals surface area contributed by atoms with Gasteiger partial charge in [-0.15, -0.1) is 11.3 Å². The van der Waals surface area contributed by atoms with Gasteiger partial charge in [0.05, 0.1) is 24.8 Å². The third-order valence-corrected chi connectivity index (χ3v) is 5.61. The largest absolute Gasteiger partial charge is 0.465 e. The van der Waals surface area contributed by atoms with Gasteiger partial charge in [-0.2, -0.15) is 0 Å². The summed E-state index contributed by atoms with van der Waals surface area (Å²) in [5.74, 6) is -1.75. The van der Waals surface area contributed by atoms with Gasteiger partial charge in [0.1, 0.15) is 0 Å². The van der Waals surface area contributed by atoms with Crippen LogP contribution in [0.4, 0.5) is 0 Å². The zero-order valence-corrected chi connectivity index (χ0v) is 18.2. The first kappa shape index (κ1) is 22.5. The van der Waals surface area contributed by atoms with Crippen molar-refractivity contribution in [3.8, 4) is 0 Å². The molecule has 1 atom stereocenters. The van der Waals surface area contributed by atoms with Gasteiger partial charge in [0.25, 0.3) is 0 Å². The molecule has 0 aliphatic rings. The van der Waals surface area contributed by atoms with Gasteiger partial charge >= 0.3 is 11.9 Å². The second kappa shape index (κ2) is 9.17. The van der Waals surface area contributed by atoms with Crippen LogP contribution in [-0.4, -0.2) is 41.7 Å². The Bertz CT molecular complexity index is 968. The van der Waals surface area contributed by atoms with Crippen molar-refractivity contribution in [1.29, 1.82) is 0 Å². The van der Waals surface area contributed by atoms with Crippen LogP contribution in [0, 0.1) is 27.7 Å². The molecule has 0 aromatic carbocycles.